The zero-order chi connectivity index (χ0) is 11.8. The fourth-order valence-electron chi connectivity index (χ4n) is 1.05. The quantitative estimate of drug-likeness (QED) is 0.344. The minimum absolute atomic E-state index is 0.0543. The smallest absolute Gasteiger partial charge is 0.269 e. The number of benzene rings is 1. The van der Waals surface area contributed by atoms with Gasteiger partial charge in [-0.25, -0.2) is 0 Å². The fourth-order valence-corrected chi connectivity index (χ4v) is 1.18. The molecule has 0 amide bonds. The molecule has 16 heavy (non-hydrogen) atoms. The van der Waals surface area contributed by atoms with Gasteiger partial charge >= 0.3 is 0 Å². The lowest BCUT2D eigenvalue weighted by Gasteiger charge is -2.05. The molecule has 0 aliphatic carbocycles. The molecule has 0 atom stereocenters. The van der Waals surface area contributed by atoms with Gasteiger partial charge in [-0.2, -0.15) is 12.6 Å². The molecule has 0 spiro atoms. The van der Waals surface area contributed by atoms with E-state index in [0.717, 1.165) is 0 Å². The van der Waals surface area contributed by atoms with Crippen LogP contribution >= 0.6 is 12.6 Å². The number of nitro groups is 1. The maximum Gasteiger partial charge on any atom is 0.269 e. The highest BCUT2D eigenvalue weighted by molar-refractivity contribution is 7.80. The van der Waals surface area contributed by atoms with Crippen LogP contribution in [0.4, 0.5) is 5.69 Å². The van der Waals surface area contributed by atoms with E-state index in [1.54, 1.807) is 12.1 Å². The van der Waals surface area contributed by atoms with Gasteiger partial charge < -0.3 is 9.47 Å². The van der Waals surface area contributed by atoms with Crippen LogP contribution in [-0.4, -0.2) is 30.5 Å². The Labute approximate surface area is 98.9 Å². The van der Waals surface area contributed by atoms with Gasteiger partial charge in [0.25, 0.3) is 5.69 Å². The minimum Gasteiger partial charge on any atom is -0.491 e. The summed E-state index contributed by atoms with van der Waals surface area (Å²) in [6, 6.07) is 5.95. The lowest BCUT2D eigenvalue weighted by atomic mass is 10.3. The van der Waals surface area contributed by atoms with Gasteiger partial charge in [0.1, 0.15) is 12.4 Å². The Morgan fingerprint density at radius 1 is 1.19 bits per heavy atom. The summed E-state index contributed by atoms with van der Waals surface area (Å²) in [5.74, 6) is 1.28. The molecule has 5 nitrogen and oxygen atoms in total. The number of ether oxygens (including phenoxy) is 2. The zero-order valence-corrected chi connectivity index (χ0v) is 9.56. The van der Waals surface area contributed by atoms with Gasteiger partial charge in [0.2, 0.25) is 0 Å². The largest absolute Gasteiger partial charge is 0.491 e. The number of nitro benzene ring substituents is 1. The van der Waals surface area contributed by atoms with Crippen molar-refractivity contribution < 1.29 is 14.4 Å². The van der Waals surface area contributed by atoms with Crippen LogP contribution in [0, 0.1) is 10.1 Å². The van der Waals surface area contributed by atoms with Gasteiger partial charge in [0.05, 0.1) is 18.1 Å². The second-order valence-electron chi connectivity index (χ2n) is 2.94. The average molecular weight is 243 g/mol. The fraction of sp³-hybridized carbons (Fsp3) is 0.400. The Bertz CT molecular complexity index is 328. The Hall–Kier alpha value is -1.27. The number of hydrogen-bond donors (Lipinski definition) is 1. The van der Waals surface area contributed by atoms with Crippen LogP contribution in [-0.2, 0) is 4.74 Å². The molecule has 0 saturated carbocycles. The molecule has 1 aromatic rings. The van der Waals surface area contributed by atoms with E-state index in [9.17, 15) is 10.1 Å². The standard InChI is InChI=1S/C10H13NO4S/c12-11(13)9-1-3-10(4-2-9)15-6-5-14-7-8-16/h1-4,16H,5-8H2. The van der Waals surface area contributed by atoms with E-state index in [0.29, 0.717) is 31.3 Å². The van der Waals surface area contributed by atoms with E-state index in [4.69, 9.17) is 9.47 Å². The highest BCUT2D eigenvalue weighted by Gasteiger charge is 2.03. The molecule has 0 aromatic heterocycles. The van der Waals surface area contributed by atoms with E-state index in [1.807, 2.05) is 0 Å². The van der Waals surface area contributed by atoms with Crippen LogP contribution in [0.15, 0.2) is 24.3 Å². The van der Waals surface area contributed by atoms with E-state index in [2.05, 4.69) is 12.6 Å². The Kier molecular flexibility index (Phi) is 5.66. The van der Waals surface area contributed by atoms with E-state index < -0.39 is 4.92 Å². The van der Waals surface area contributed by atoms with Gasteiger partial charge in [0, 0.05) is 17.9 Å². The first-order chi connectivity index (χ1) is 7.74. The molecule has 0 heterocycles. The van der Waals surface area contributed by atoms with Crippen molar-refractivity contribution in [3.05, 3.63) is 34.4 Å². The second-order valence-corrected chi connectivity index (χ2v) is 3.38. The highest BCUT2D eigenvalue weighted by Crippen LogP contribution is 2.16. The van der Waals surface area contributed by atoms with Crippen molar-refractivity contribution >= 4 is 18.3 Å². The van der Waals surface area contributed by atoms with Crippen LogP contribution in [0.3, 0.4) is 0 Å². The predicted octanol–water partition coefficient (Wildman–Crippen LogP) is 1.92. The molecule has 0 aliphatic rings. The molecule has 0 radical (unpaired) electrons. The van der Waals surface area contributed by atoms with Crippen molar-refractivity contribution in [2.75, 3.05) is 25.6 Å². The van der Waals surface area contributed by atoms with Crippen LogP contribution in [0.1, 0.15) is 0 Å². The second kappa shape index (κ2) is 7.08. The molecule has 0 bridgehead atoms. The first-order valence-electron chi connectivity index (χ1n) is 4.80. The summed E-state index contributed by atoms with van der Waals surface area (Å²) in [6.07, 6.45) is 0. The van der Waals surface area contributed by atoms with Crippen molar-refractivity contribution in [1.29, 1.82) is 0 Å². The summed E-state index contributed by atoms with van der Waals surface area (Å²) in [6.45, 7) is 1.50. The van der Waals surface area contributed by atoms with Gasteiger partial charge in [0.15, 0.2) is 0 Å². The topological polar surface area (TPSA) is 61.6 Å². The lowest BCUT2D eigenvalue weighted by Crippen LogP contribution is -2.07. The number of non-ortho nitro benzene ring substituents is 1. The van der Waals surface area contributed by atoms with E-state index >= 15 is 0 Å². The number of rotatable bonds is 7. The molecule has 0 unspecified atom stereocenters. The maximum atomic E-state index is 10.4. The predicted molar refractivity (Wildman–Crippen MR) is 63.3 cm³/mol. The summed E-state index contributed by atoms with van der Waals surface area (Å²) in [7, 11) is 0. The van der Waals surface area contributed by atoms with Gasteiger partial charge in [-0.3, -0.25) is 10.1 Å². The van der Waals surface area contributed by atoms with Gasteiger partial charge in [-0.1, -0.05) is 0 Å². The molecule has 88 valence electrons. The Morgan fingerprint density at radius 2 is 1.88 bits per heavy atom. The molecule has 0 N–H and O–H groups in total. The monoisotopic (exact) mass is 243 g/mol. The first-order valence-corrected chi connectivity index (χ1v) is 5.43. The van der Waals surface area contributed by atoms with Crippen molar-refractivity contribution in [1.82, 2.24) is 0 Å². The normalized spacial score (nSPS) is 10.1. The van der Waals surface area contributed by atoms with E-state index in [-0.39, 0.29) is 5.69 Å². The third kappa shape index (κ3) is 4.50. The minimum atomic E-state index is -0.445. The zero-order valence-electron chi connectivity index (χ0n) is 8.67. The average Bonchev–Trinajstić information content (AvgIpc) is 2.29. The van der Waals surface area contributed by atoms with Crippen LogP contribution in [0.5, 0.6) is 5.75 Å². The van der Waals surface area contributed by atoms with Crippen LogP contribution in [0.2, 0.25) is 0 Å². The maximum absolute atomic E-state index is 10.4. The summed E-state index contributed by atoms with van der Waals surface area (Å²) in [5.41, 5.74) is 0.0543. The Morgan fingerprint density at radius 3 is 2.44 bits per heavy atom. The molecular weight excluding hydrogens is 230 g/mol. The lowest BCUT2D eigenvalue weighted by molar-refractivity contribution is -0.384. The van der Waals surface area contributed by atoms with Crippen molar-refractivity contribution in [2.45, 2.75) is 0 Å². The molecule has 0 fully saturated rings. The molecule has 0 saturated heterocycles. The van der Waals surface area contributed by atoms with Crippen LogP contribution in [0.25, 0.3) is 0 Å². The molecule has 6 heteroatoms. The van der Waals surface area contributed by atoms with E-state index in [1.165, 1.54) is 12.1 Å². The Balaban J connectivity index is 2.29. The number of thiol groups is 1. The van der Waals surface area contributed by atoms with Crippen molar-refractivity contribution in [3.63, 3.8) is 0 Å². The van der Waals surface area contributed by atoms with Gasteiger partial charge in [-0.05, 0) is 12.1 Å². The SMILES string of the molecule is O=[N+]([O-])c1ccc(OCCOCCS)cc1. The molecule has 0 aliphatic heterocycles. The number of hydrogen-bond acceptors (Lipinski definition) is 5. The third-order valence-electron chi connectivity index (χ3n) is 1.78. The summed E-state index contributed by atoms with van der Waals surface area (Å²) in [4.78, 5) is 9.94. The summed E-state index contributed by atoms with van der Waals surface area (Å²) in [5, 5.41) is 10.4. The summed E-state index contributed by atoms with van der Waals surface area (Å²) >= 11 is 3.99. The molecule has 1 rings (SSSR count). The first kappa shape index (κ1) is 12.8. The molecular formula is C10H13NO4S. The highest BCUT2D eigenvalue weighted by atomic mass is 32.1. The molecule has 1 aromatic carbocycles. The number of nitrogens with zero attached hydrogens (tertiary/aromatic N) is 1. The van der Waals surface area contributed by atoms with Gasteiger partial charge in [-0.15, -0.1) is 0 Å². The van der Waals surface area contributed by atoms with Crippen molar-refractivity contribution in [3.8, 4) is 5.75 Å². The van der Waals surface area contributed by atoms with Crippen molar-refractivity contribution in [2.24, 2.45) is 0 Å². The summed E-state index contributed by atoms with van der Waals surface area (Å²) < 4.78 is 10.5. The van der Waals surface area contributed by atoms with Crippen LogP contribution < -0.4 is 4.74 Å². The third-order valence-corrected chi connectivity index (χ3v) is 1.96.